The summed E-state index contributed by atoms with van der Waals surface area (Å²) in [5.41, 5.74) is 0.896. The highest BCUT2D eigenvalue weighted by Crippen LogP contribution is 2.14. The molecule has 6 heteroatoms. The van der Waals surface area contributed by atoms with E-state index in [9.17, 15) is 9.59 Å². The van der Waals surface area contributed by atoms with Crippen molar-refractivity contribution in [3.63, 3.8) is 0 Å². The molecule has 6 nitrogen and oxygen atoms in total. The topological polar surface area (TPSA) is 70.7 Å². The molecule has 2 amide bonds. The van der Waals surface area contributed by atoms with Gasteiger partial charge < -0.3 is 20.3 Å². The highest BCUT2D eigenvalue weighted by molar-refractivity contribution is 5.79. The van der Waals surface area contributed by atoms with Gasteiger partial charge in [0.1, 0.15) is 5.75 Å². The predicted molar refractivity (Wildman–Crippen MR) is 79.2 cm³/mol. The quantitative estimate of drug-likeness (QED) is 0.787. The molecule has 21 heavy (non-hydrogen) atoms. The SMILES string of the molecule is CNC(=O)COc1cccc(CC(=O)N2CCNCC2)c1. The first-order chi connectivity index (χ1) is 10.2. The molecule has 1 aromatic carbocycles. The maximum Gasteiger partial charge on any atom is 0.257 e. The van der Waals surface area contributed by atoms with Crippen molar-refractivity contribution in [3.8, 4) is 5.75 Å². The highest BCUT2D eigenvalue weighted by atomic mass is 16.5. The van der Waals surface area contributed by atoms with Crippen LogP contribution in [0.1, 0.15) is 5.56 Å². The van der Waals surface area contributed by atoms with Gasteiger partial charge in [-0.15, -0.1) is 0 Å². The van der Waals surface area contributed by atoms with E-state index in [0.29, 0.717) is 12.2 Å². The lowest BCUT2D eigenvalue weighted by molar-refractivity contribution is -0.131. The third-order valence-electron chi connectivity index (χ3n) is 3.37. The Morgan fingerprint density at radius 3 is 2.81 bits per heavy atom. The van der Waals surface area contributed by atoms with Gasteiger partial charge in [-0.1, -0.05) is 12.1 Å². The van der Waals surface area contributed by atoms with E-state index in [2.05, 4.69) is 10.6 Å². The van der Waals surface area contributed by atoms with E-state index in [1.165, 1.54) is 0 Å². The fourth-order valence-corrected chi connectivity index (χ4v) is 2.17. The molecule has 0 saturated carbocycles. The van der Waals surface area contributed by atoms with Gasteiger partial charge in [-0.25, -0.2) is 0 Å². The molecule has 0 spiro atoms. The number of hydrogen-bond donors (Lipinski definition) is 2. The van der Waals surface area contributed by atoms with Gasteiger partial charge in [-0.05, 0) is 17.7 Å². The number of carbonyl (C=O) groups is 2. The van der Waals surface area contributed by atoms with Gasteiger partial charge in [-0.2, -0.15) is 0 Å². The van der Waals surface area contributed by atoms with Gasteiger partial charge >= 0.3 is 0 Å². The molecule has 1 heterocycles. The van der Waals surface area contributed by atoms with Gasteiger partial charge in [0, 0.05) is 33.2 Å². The molecule has 0 unspecified atom stereocenters. The average molecular weight is 291 g/mol. The van der Waals surface area contributed by atoms with Crippen LogP contribution in [-0.4, -0.2) is 56.5 Å². The van der Waals surface area contributed by atoms with Gasteiger partial charge in [0.25, 0.3) is 5.91 Å². The first-order valence-corrected chi connectivity index (χ1v) is 7.10. The van der Waals surface area contributed by atoms with Crippen LogP contribution >= 0.6 is 0 Å². The van der Waals surface area contributed by atoms with Crippen LogP contribution in [0.2, 0.25) is 0 Å². The number of nitrogens with zero attached hydrogens (tertiary/aromatic N) is 1. The fraction of sp³-hybridized carbons (Fsp3) is 0.467. The number of rotatable bonds is 5. The summed E-state index contributed by atoms with van der Waals surface area (Å²) in [5.74, 6) is 0.543. The highest BCUT2D eigenvalue weighted by Gasteiger charge is 2.16. The lowest BCUT2D eigenvalue weighted by Gasteiger charge is -2.27. The second-order valence-corrected chi connectivity index (χ2v) is 4.92. The van der Waals surface area contributed by atoms with Crippen molar-refractivity contribution in [2.24, 2.45) is 0 Å². The summed E-state index contributed by atoms with van der Waals surface area (Å²) in [6.07, 6.45) is 0.358. The van der Waals surface area contributed by atoms with Crippen LogP contribution in [0.5, 0.6) is 5.75 Å². The minimum absolute atomic E-state index is 0.0221. The minimum Gasteiger partial charge on any atom is -0.484 e. The number of likely N-dealkylation sites (N-methyl/N-ethyl adjacent to an activating group) is 1. The maximum atomic E-state index is 12.2. The Hall–Kier alpha value is -2.08. The number of amides is 2. The zero-order valence-corrected chi connectivity index (χ0v) is 12.2. The van der Waals surface area contributed by atoms with E-state index in [-0.39, 0.29) is 18.4 Å². The van der Waals surface area contributed by atoms with Gasteiger partial charge in [-0.3, -0.25) is 9.59 Å². The Labute approximate surface area is 124 Å². The van der Waals surface area contributed by atoms with Crippen LogP contribution in [0.15, 0.2) is 24.3 Å². The second-order valence-electron chi connectivity index (χ2n) is 4.92. The molecule has 1 aliphatic heterocycles. The third kappa shape index (κ3) is 4.75. The molecular weight excluding hydrogens is 270 g/mol. The first-order valence-electron chi connectivity index (χ1n) is 7.10. The molecule has 2 rings (SSSR count). The molecule has 0 radical (unpaired) electrons. The molecule has 1 aliphatic rings. The summed E-state index contributed by atoms with van der Waals surface area (Å²) in [7, 11) is 1.56. The summed E-state index contributed by atoms with van der Waals surface area (Å²) in [6.45, 7) is 3.19. The summed E-state index contributed by atoms with van der Waals surface area (Å²) < 4.78 is 5.38. The average Bonchev–Trinajstić information content (AvgIpc) is 2.53. The lowest BCUT2D eigenvalue weighted by atomic mass is 10.1. The number of piperazine rings is 1. The predicted octanol–water partition coefficient (Wildman–Crippen LogP) is -0.214. The van der Waals surface area contributed by atoms with Crippen molar-refractivity contribution in [1.82, 2.24) is 15.5 Å². The Balaban J connectivity index is 1.90. The normalized spacial score (nSPS) is 14.6. The fourth-order valence-electron chi connectivity index (χ4n) is 2.17. The standard InChI is InChI=1S/C15H21N3O3/c1-16-14(19)11-21-13-4-2-3-12(9-13)10-15(20)18-7-5-17-6-8-18/h2-4,9,17H,5-8,10-11H2,1H3,(H,16,19). The van der Waals surface area contributed by atoms with E-state index in [0.717, 1.165) is 31.7 Å². The Morgan fingerprint density at radius 2 is 2.10 bits per heavy atom. The Kier molecular flexibility index (Phi) is 5.57. The molecular formula is C15H21N3O3. The number of nitrogens with one attached hydrogen (secondary N) is 2. The van der Waals surface area contributed by atoms with Crippen molar-refractivity contribution in [3.05, 3.63) is 29.8 Å². The Morgan fingerprint density at radius 1 is 1.33 bits per heavy atom. The number of ether oxygens (including phenoxy) is 1. The van der Waals surface area contributed by atoms with Gasteiger partial charge in [0.15, 0.2) is 6.61 Å². The van der Waals surface area contributed by atoms with E-state index in [4.69, 9.17) is 4.74 Å². The molecule has 2 N–H and O–H groups in total. The van der Waals surface area contributed by atoms with Crippen molar-refractivity contribution in [2.75, 3.05) is 39.8 Å². The van der Waals surface area contributed by atoms with E-state index >= 15 is 0 Å². The largest absolute Gasteiger partial charge is 0.484 e. The van der Waals surface area contributed by atoms with E-state index < -0.39 is 0 Å². The van der Waals surface area contributed by atoms with Crippen LogP contribution < -0.4 is 15.4 Å². The van der Waals surface area contributed by atoms with Gasteiger partial charge in [0.2, 0.25) is 5.91 Å². The maximum absolute atomic E-state index is 12.2. The number of carbonyl (C=O) groups excluding carboxylic acids is 2. The van der Waals surface area contributed by atoms with Crippen LogP contribution in [0.25, 0.3) is 0 Å². The number of benzene rings is 1. The van der Waals surface area contributed by atoms with Crippen molar-refractivity contribution in [1.29, 1.82) is 0 Å². The zero-order valence-electron chi connectivity index (χ0n) is 12.2. The van der Waals surface area contributed by atoms with Gasteiger partial charge in [0.05, 0.1) is 6.42 Å². The Bertz CT molecular complexity index is 499. The molecule has 1 saturated heterocycles. The molecule has 0 bridgehead atoms. The van der Waals surface area contributed by atoms with Crippen LogP contribution in [-0.2, 0) is 16.0 Å². The summed E-state index contributed by atoms with van der Waals surface area (Å²) in [6, 6.07) is 7.32. The molecule has 1 fully saturated rings. The number of hydrogen-bond acceptors (Lipinski definition) is 4. The summed E-state index contributed by atoms with van der Waals surface area (Å²) in [5, 5.41) is 5.72. The molecule has 0 aromatic heterocycles. The monoisotopic (exact) mass is 291 g/mol. The molecule has 1 aromatic rings. The molecule has 114 valence electrons. The second kappa shape index (κ2) is 7.64. The first kappa shape index (κ1) is 15.3. The molecule has 0 aliphatic carbocycles. The van der Waals surface area contributed by atoms with Crippen molar-refractivity contribution < 1.29 is 14.3 Å². The smallest absolute Gasteiger partial charge is 0.257 e. The minimum atomic E-state index is -0.183. The summed E-state index contributed by atoms with van der Waals surface area (Å²) >= 11 is 0. The van der Waals surface area contributed by atoms with E-state index in [1.54, 1.807) is 13.1 Å². The van der Waals surface area contributed by atoms with Crippen molar-refractivity contribution >= 4 is 11.8 Å². The molecule has 0 atom stereocenters. The lowest BCUT2D eigenvalue weighted by Crippen LogP contribution is -2.46. The zero-order chi connectivity index (χ0) is 15.1. The summed E-state index contributed by atoms with van der Waals surface area (Å²) in [4.78, 5) is 25.2. The van der Waals surface area contributed by atoms with Crippen LogP contribution in [0, 0.1) is 0 Å². The van der Waals surface area contributed by atoms with Crippen LogP contribution in [0.3, 0.4) is 0 Å². The third-order valence-corrected chi connectivity index (χ3v) is 3.37. The van der Waals surface area contributed by atoms with Crippen molar-refractivity contribution in [2.45, 2.75) is 6.42 Å². The van der Waals surface area contributed by atoms with Crippen LogP contribution in [0.4, 0.5) is 0 Å². The van der Waals surface area contributed by atoms with E-state index in [1.807, 2.05) is 23.1 Å².